The van der Waals surface area contributed by atoms with E-state index in [0.717, 1.165) is 53.3 Å². The summed E-state index contributed by atoms with van der Waals surface area (Å²) in [6.07, 6.45) is 8.33. The third-order valence-electron chi connectivity index (χ3n) is 5.42. The molecule has 7 heteroatoms. The Hall–Kier alpha value is -2.80. The summed E-state index contributed by atoms with van der Waals surface area (Å²) in [7, 11) is 0. The minimum Gasteiger partial charge on any atom is -0.395 e. The molecule has 7 nitrogen and oxygen atoms in total. The van der Waals surface area contributed by atoms with E-state index in [0.29, 0.717) is 12.0 Å². The van der Waals surface area contributed by atoms with Crippen molar-refractivity contribution in [2.75, 3.05) is 30.3 Å². The van der Waals surface area contributed by atoms with E-state index in [4.69, 9.17) is 5.73 Å². The SMILES string of the molecule is Nc1c(N2CCNC3(CC3)C2)cnnc1Cc1ccc2nccnc2c1. The predicted octanol–water partition coefficient (Wildman–Crippen LogP) is 1.53. The van der Waals surface area contributed by atoms with Gasteiger partial charge >= 0.3 is 0 Å². The number of hydrogen-bond acceptors (Lipinski definition) is 7. The Balaban J connectivity index is 1.43. The molecule has 1 aromatic carbocycles. The first-order valence-corrected chi connectivity index (χ1v) is 9.02. The van der Waals surface area contributed by atoms with E-state index in [2.05, 4.69) is 36.4 Å². The first kappa shape index (κ1) is 15.5. The highest BCUT2D eigenvalue weighted by atomic mass is 15.3. The van der Waals surface area contributed by atoms with Gasteiger partial charge in [-0.15, -0.1) is 0 Å². The van der Waals surface area contributed by atoms with Crippen LogP contribution in [-0.2, 0) is 6.42 Å². The molecule has 1 aliphatic carbocycles. The zero-order chi connectivity index (χ0) is 17.6. The van der Waals surface area contributed by atoms with E-state index < -0.39 is 0 Å². The molecule has 2 aromatic heterocycles. The van der Waals surface area contributed by atoms with Crippen molar-refractivity contribution in [3.8, 4) is 0 Å². The number of nitrogens with one attached hydrogen (secondary N) is 1. The van der Waals surface area contributed by atoms with E-state index in [1.54, 1.807) is 18.6 Å². The topological polar surface area (TPSA) is 92.8 Å². The molecule has 1 saturated carbocycles. The van der Waals surface area contributed by atoms with Gasteiger partial charge in [-0.05, 0) is 30.5 Å². The van der Waals surface area contributed by atoms with Gasteiger partial charge in [0.1, 0.15) is 0 Å². The molecule has 1 spiro atoms. The highest BCUT2D eigenvalue weighted by Gasteiger charge is 2.45. The molecule has 132 valence electrons. The average molecular weight is 347 g/mol. The molecular formula is C19H21N7. The Bertz CT molecular complexity index is 967. The maximum atomic E-state index is 6.49. The van der Waals surface area contributed by atoms with Gasteiger partial charge in [0.25, 0.3) is 0 Å². The molecule has 5 rings (SSSR count). The third kappa shape index (κ3) is 2.74. The van der Waals surface area contributed by atoms with Gasteiger partial charge in [0, 0.05) is 44.0 Å². The van der Waals surface area contributed by atoms with Gasteiger partial charge in [0.2, 0.25) is 0 Å². The monoisotopic (exact) mass is 347 g/mol. The number of anilines is 2. The maximum absolute atomic E-state index is 6.49. The average Bonchev–Trinajstić information content (AvgIpc) is 3.41. The molecule has 0 unspecified atom stereocenters. The predicted molar refractivity (Wildman–Crippen MR) is 101 cm³/mol. The number of nitrogen functional groups attached to an aromatic ring is 1. The van der Waals surface area contributed by atoms with E-state index in [-0.39, 0.29) is 0 Å². The van der Waals surface area contributed by atoms with Crippen LogP contribution in [0, 0.1) is 0 Å². The zero-order valence-corrected chi connectivity index (χ0v) is 14.5. The lowest BCUT2D eigenvalue weighted by atomic mass is 10.1. The van der Waals surface area contributed by atoms with Crippen LogP contribution in [0.2, 0.25) is 0 Å². The first-order valence-electron chi connectivity index (χ1n) is 9.02. The van der Waals surface area contributed by atoms with Crippen LogP contribution in [0.4, 0.5) is 11.4 Å². The lowest BCUT2D eigenvalue weighted by molar-refractivity contribution is 0.442. The normalized spacial score (nSPS) is 18.4. The van der Waals surface area contributed by atoms with Crippen LogP contribution in [0.5, 0.6) is 0 Å². The van der Waals surface area contributed by atoms with Crippen molar-refractivity contribution in [1.29, 1.82) is 0 Å². The van der Waals surface area contributed by atoms with E-state index in [1.165, 1.54) is 12.8 Å². The number of hydrogen-bond donors (Lipinski definition) is 2. The van der Waals surface area contributed by atoms with Crippen LogP contribution in [0.3, 0.4) is 0 Å². The second-order valence-corrected chi connectivity index (χ2v) is 7.28. The Morgan fingerprint density at radius 3 is 2.85 bits per heavy atom. The van der Waals surface area contributed by atoms with Gasteiger partial charge in [-0.25, -0.2) is 0 Å². The lowest BCUT2D eigenvalue weighted by Gasteiger charge is -2.36. The summed E-state index contributed by atoms with van der Waals surface area (Å²) in [5.41, 5.74) is 12.2. The Morgan fingerprint density at radius 2 is 2.00 bits per heavy atom. The highest BCUT2D eigenvalue weighted by molar-refractivity contribution is 5.75. The largest absolute Gasteiger partial charge is 0.395 e. The Morgan fingerprint density at radius 1 is 1.15 bits per heavy atom. The van der Waals surface area contributed by atoms with Crippen LogP contribution in [0.15, 0.2) is 36.8 Å². The van der Waals surface area contributed by atoms with Gasteiger partial charge in [-0.1, -0.05) is 6.07 Å². The molecule has 0 atom stereocenters. The molecule has 0 amide bonds. The lowest BCUT2D eigenvalue weighted by Crippen LogP contribution is -2.52. The number of nitrogens with zero attached hydrogens (tertiary/aromatic N) is 5. The fourth-order valence-electron chi connectivity index (χ4n) is 3.77. The van der Waals surface area contributed by atoms with Crippen molar-refractivity contribution in [3.05, 3.63) is 48.0 Å². The van der Waals surface area contributed by atoms with Crippen LogP contribution in [0.25, 0.3) is 11.0 Å². The number of benzene rings is 1. The third-order valence-corrected chi connectivity index (χ3v) is 5.42. The molecule has 0 bridgehead atoms. The smallest absolute Gasteiger partial charge is 0.0924 e. The second-order valence-electron chi connectivity index (χ2n) is 7.28. The summed E-state index contributed by atoms with van der Waals surface area (Å²) >= 11 is 0. The Labute approximate surface area is 151 Å². The van der Waals surface area contributed by atoms with Gasteiger partial charge in [0.15, 0.2) is 0 Å². The minimum atomic E-state index is 0.297. The van der Waals surface area contributed by atoms with Crippen LogP contribution in [0.1, 0.15) is 24.1 Å². The number of rotatable bonds is 3. The summed E-state index contributed by atoms with van der Waals surface area (Å²) in [5, 5.41) is 12.2. The summed E-state index contributed by atoms with van der Waals surface area (Å²) in [4.78, 5) is 11.0. The standard InChI is InChI=1S/C19H21N7/c20-18-16(10-13-1-2-14-15(9-13)22-6-5-21-14)25-24-11-17(18)26-8-7-23-19(12-26)3-4-19/h1-2,5-6,9,11,23H,3-4,7-8,10,12H2,(H2,20,24). The van der Waals surface area contributed by atoms with E-state index >= 15 is 0 Å². The molecule has 2 aliphatic rings. The molecule has 2 fully saturated rings. The fourth-order valence-corrected chi connectivity index (χ4v) is 3.77. The van der Waals surface area contributed by atoms with Gasteiger partial charge in [0.05, 0.1) is 34.3 Å². The summed E-state index contributed by atoms with van der Waals surface area (Å²) in [6.45, 7) is 2.93. The molecule has 1 saturated heterocycles. The van der Waals surface area contributed by atoms with Crippen molar-refractivity contribution in [2.45, 2.75) is 24.8 Å². The summed E-state index contributed by atoms with van der Waals surface area (Å²) in [6, 6.07) is 6.08. The second kappa shape index (κ2) is 5.88. The van der Waals surface area contributed by atoms with Crippen molar-refractivity contribution in [3.63, 3.8) is 0 Å². The highest BCUT2D eigenvalue weighted by Crippen LogP contribution is 2.39. The molecule has 0 radical (unpaired) electrons. The molecule has 1 aliphatic heterocycles. The fraction of sp³-hybridized carbons (Fsp3) is 0.368. The van der Waals surface area contributed by atoms with Gasteiger partial charge in [-0.3, -0.25) is 9.97 Å². The molecular weight excluding hydrogens is 326 g/mol. The molecule has 3 aromatic rings. The van der Waals surface area contributed by atoms with Gasteiger partial charge in [-0.2, -0.15) is 10.2 Å². The quantitative estimate of drug-likeness (QED) is 0.742. The molecule has 26 heavy (non-hydrogen) atoms. The number of nitrogens with two attached hydrogens (primary N) is 1. The zero-order valence-electron chi connectivity index (χ0n) is 14.5. The van der Waals surface area contributed by atoms with Gasteiger partial charge < -0.3 is 16.0 Å². The van der Waals surface area contributed by atoms with Crippen LogP contribution in [-0.4, -0.2) is 45.3 Å². The molecule has 3 heterocycles. The van der Waals surface area contributed by atoms with Crippen molar-refractivity contribution < 1.29 is 0 Å². The first-order chi connectivity index (χ1) is 12.7. The Kier molecular flexibility index (Phi) is 3.49. The summed E-state index contributed by atoms with van der Waals surface area (Å²) in [5.74, 6) is 0. The van der Waals surface area contributed by atoms with E-state index in [9.17, 15) is 0 Å². The van der Waals surface area contributed by atoms with Crippen LogP contribution < -0.4 is 16.0 Å². The maximum Gasteiger partial charge on any atom is 0.0924 e. The van der Waals surface area contributed by atoms with E-state index in [1.807, 2.05) is 12.1 Å². The van der Waals surface area contributed by atoms with Crippen molar-refractivity contribution in [1.82, 2.24) is 25.5 Å². The number of piperazine rings is 1. The van der Waals surface area contributed by atoms with Crippen molar-refractivity contribution in [2.24, 2.45) is 0 Å². The number of fused-ring (bicyclic) bond motifs is 1. The molecule has 3 N–H and O–H groups in total. The number of aromatic nitrogens is 4. The van der Waals surface area contributed by atoms with Crippen LogP contribution >= 0.6 is 0 Å². The summed E-state index contributed by atoms with van der Waals surface area (Å²) < 4.78 is 0. The minimum absolute atomic E-state index is 0.297. The van der Waals surface area contributed by atoms with Crippen molar-refractivity contribution >= 4 is 22.4 Å².